The maximum absolute atomic E-state index is 14.0. The fourth-order valence-corrected chi connectivity index (χ4v) is 3.69. The topological polar surface area (TPSA) is 64.7 Å². The van der Waals surface area contributed by atoms with Crippen molar-refractivity contribution in [2.45, 2.75) is 58.3 Å². The van der Waals surface area contributed by atoms with E-state index in [0.29, 0.717) is 28.3 Å². The summed E-state index contributed by atoms with van der Waals surface area (Å²) in [5.74, 6) is -0.621. The van der Waals surface area contributed by atoms with Crippen LogP contribution in [0.5, 0.6) is 0 Å². The monoisotopic (exact) mass is 449 g/mol. The van der Waals surface area contributed by atoms with Gasteiger partial charge in [-0.05, 0) is 38.8 Å². The van der Waals surface area contributed by atoms with Crippen molar-refractivity contribution in [3.8, 4) is 0 Å². The number of hydrogen-bond acceptors (Lipinski definition) is 3. The number of hydrogen-bond donors (Lipinski definition) is 1. The van der Waals surface area contributed by atoms with Crippen LogP contribution in [0, 0.1) is 19.7 Å². The second-order valence-corrected chi connectivity index (χ2v) is 8.04. The van der Waals surface area contributed by atoms with E-state index < -0.39 is 11.9 Å². The van der Waals surface area contributed by atoms with Crippen LogP contribution in [0.2, 0.25) is 0 Å². The van der Waals surface area contributed by atoms with Gasteiger partial charge in [0, 0.05) is 30.1 Å². The Hall–Kier alpha value is -3.17. The minimum atomic E-state index is -4.52. The Morgan fingerprint density at radius 1 is 1.16 bits per heavy atom. The highest BCUT2D eigenvalue weighted by Crippen LogP contribution is 2.42. The maximum atomic E-state index is 14.0. The number of aryl methyl sites for hydroxylation is 2. The van der Waals surface area contributed by atoms with E-state index in [0.717, 1.165) is 18.9 Å². The van der Waals surface area contributed by atoms with Crippen LogP contribution >= 0.6 is 0 Å². The molecule has 0 spiro atoms. The Morgan fingerprint density at radius 2 is 1.88 bits per heavy atom. The van der Waals surface area contributed by atoms with E-state index in [2.05, 4.69) is 15.5 Å². The maximum Gasteiger partial charge on any atom is 0.435 e. The van der Waals surface area contributed by atoms with Crippen molar-refractivity contribution in [1.82, 2.24) is 19.6 Å². The normalized spacial score (nSPS) is 14.1. The average molecular weight is 449 g/mol. The molecule has 3 aromatic rings. The summed E-state index contributed by atoms with van der Waals surface area (Å²) in [6, 6.07) is 7.47. The van der Waals surface area contributed by atoms with E-state index in [4.69, 9.17) is 0 Å². The quantitative estimate of drug-likeness (QED) is 0.527. The number of alkyl halides is 3. The molecule has 10 heteroatoms. The van der Waals surface area contributed by atoms with Crippen molar-refractivity contribution in [1.29, 1.82) is 0 Å². The molecule has 0 aliphatic heterocycles. The molecule has 0 unspecified atom stereocenters. The molecule has 1 aliphatic rings. The van der Waals surface area contributed by atoms with Crippen LogP contribution in [0.25, 0.3) is 0 Å². The molecule has 1 amide bonds. The number of nitrogens with zero attached hydrogens (tertiary/aromatic N) is 4. The molecular formula is C22H23F4N5O. The SMILES string of the molecule is Cc1nn(Cc2ccccc2F)c(C)c1NC(=O)CCn1nc(C(F)(F)F)cc1C1CC1. The van der Waals surface area contributed by atoms with Gasteiger partial charge in [-0.15, -0.1) is 0 Å². The first kappa shape index (κ1) is 22.0. The number of benzene rings is 1. The zero-order chi connectivity index (χ0) is 23.0. The molecule has 0 atom stereocenters. The molecule has 1 N–H and O–H groups in total. The summed E-state index contributed by atoms with van der Waals surface area (Å²) in [6.45, 7) is 3.77. The van der Waals surface area contributed by atoms with Gasteiger partial charge in [-0.3, -0.25) is 14.2 Å². The molecule has 170 valence electrons. The highest BCUT2D eigenvalue weighted by atomic mass is 19.4. The fraction of sp³-hybridized carbons (Fsp3) is 0.409. The first-order valence-corrected chi connectivity index (χ1v) is 10.4. The molecule has 6 nitrogen and oxygen atoms in total. The predicted molar refractivity (Wildman–Crippen MR) is 110 cm³/mol. The molecule has 4 rings (SSSR count). The number of halogens is 4. The Bertz CT molecular complexity index is 1140. The lowest BCUT2D eigenvalue weighted by atomic mass is 10.2. The lowest BCUT2D eigenvalue weighted by Crippen LogP contribution is -2.17. The van der Waals surface area contributed by atoms with E-state index in [1.165, 1.54) is 10.7 Å². The number of carbonyl (C=O) groups excluding carboxylic acids is 1. The van der Waals surface area contributed by atoms with Crippen LogP contribution in [-0.2, 0) is 24.1 Å². The number of nitrogens with one attached hydrogen (secondary N) is 1. The Morgan fingerprint density at radius 3 is 2.53 bits per heavy atom. The van der Waals surface area contributed by atoms with E-state index >= 15 is 0 Å². The number of rotatable bonds is 7. The number of carbonyl (C=O) groups is 1. The summed E-state index contributed by atoms with van der Waals surface area (Å²) in [5.41, 5.74) is 1.82. The van der Waals surface area contributed by atoms with E-state index in [9.17, 15) is 22.4 Å². The second kappa shape index (κ2) is 8.40. The van der Waals surface area contributed by atoms with Gasteiger partial charge in [-0.25, -0.2) is 4.39 Å². The lowest BCUT2D eigenvalue weighted by molar-refractivity contribution is -0.141. The van der Waals surface area contributed by atoms with Crippen molar-refractivity contribution in [3.63, 3.8) is 0 Å². The summed E-state index contributed by atoms with van der Waals surface area (Å²) in [5, 5.41) is 10.9. The molecule has 1 aliphatic carbocycles. The van der Waals surface area contributed by atoms with Crippen LogP contribution in [0.1, 0.15) is 53.5 Å². The molecular weight excluding hydrogens is 426 g/mol. The fourth-order valence-electron chi connectivity index (χ4n) is 3.69. The van der Waals surface area contributed by atoms with Crippen molar-refractivity contribution in [2.75, 3.05) is 5.32 Å². The first-order valence-electron chi connectivity index (χ1n) is 10.4. The number of aromatic nitrogens is 4. The molecule has 1 saturated carbocycles. The minimum absolute atomic E-state index is 0.0317. The van der Waals surface area contributed by atoms with Crippen molar-refractivity contribution >= 4 is 11.6 Å². The third-order valence-corrected chi connectivity index (χ3v) is 5.57. The summed E-state index contributed by atoms with van der Waals surface area (Å²) >= 11 is 0. The van der Waals surface area contributed by atoms with Crippen LogP contribution in [0.15, 0.2) is 30.3 Å². The van der Waals surface area contributed by atoms with Gasteiger partial charge < -0.3 is 5.32 Å². The minimum Gasteiger partial charge on any atom is -0.323 e. The summed E-state index contributed by atoms with van der Waals surface area (Å²) in [4.78, 5) is 12.5. The van der Waals surface area contributed by atoms with E-state index in [1.807, 2.05) is 0 Å². The Balaban J connectivity index is 1.43. The standard InChI is InChI=1S/C22H23F4N5O/c1-13-21(14(2)31(28-13)12-16-5-3-4-6-17(16)23)27-20(32)9-10-30-18(15-7-8-15)11-19(29-30)22(24,25)26/h3-6,11,15H,7-10,12H2,1-2H3,(H,27,32). The van der Waals surface area contributed by atoms with Gasteiger partial charge in [0.15, 0.2) is 5.69 Å². The van der Waals surface area contributed by atoms with Gasteiger partial charge in [0.2, 0.25) is 5.91 Å². The largest absolute Gasteiger partial charge is 0.435 e. The van der Waals surface area contributed by atoms with Gasteiger partial charge in [-0.1, -0.05) is 18.2 Å². The third-order valence-electron chi connectivity index (χ3n) is 5.57. The molecule has 0 bridgehead atoms. The molecule has 1 aromatic carbocycles. The van der Waals surface area contributed by atoms with E-state index in [-0.39, 0.29) is 37.2 Å². The lowest BCUT2D eigenvalue weighted by Gasteiger charge is -2.09. The van der Waals surface area contributed by atoms with Gasteiger partial charge >= 0.3 is 6.18 Å². The van der Waals surface area contributed by atoms with Crippen LogP contribution in [0.3, 0.4) is 0 Å². The Kier molecular flexibility index (Phi) is 5.79. The highest BCUT2D eigenvalue weighted by molar-refractivity contribution is 5.91. The summed E-state index contributed by atoms with van der Waals surface area (Å²) < 4.78 is 56.0. The van der Waals surface area contributed by atoms with Gasteiger partial charge in [0.25, 0.3) is 0 Å². The average Bonchev–Trinajstić information content (AvgIpc) is 3.42. The van der Waals surface area contributed by atoms with Crippen molar-refractivity contribution in [2.24, 2.45) is 0 Å². The van der Waals surface area contributed by atoms with Crippen molar-refractivity contribution in [3.05, 3.63) is 64.5 Å². The number of anilines is 1. The highest BCUT2D eigenvalue weighted by Gasteiger charge is 2.37. The molecule has 32 heavy (non-hydrogen) atoms. The van der Waals surface area contributed by atoms with Gasteiger partial charge in [0.1, 0.15) is 5.82 Å². The van der Waals surface area contributed by atoms with Crippen LogP contribution < -0.4 is 5.32 Å². The second-order valence-electron chi connectivity index (χ2n) is 8.04. The first-order chi connectivity index (χ1) is 15.1. The zero-order valence-corrected chi connectivity index (χ0v) is 17.7. The molecule has 0 radical (unpaired) electrons. The van der Waals surface area contributed by atoms with Crippen LogP contribution in [0.4, 0.5) is 23.2 Å². The third kappa shape index (κ3) is 4.68. The Labute approximate surface area is 182 Å². The summed E-state index contributed by atoms with van der Waals surface area (Å²) in [6.07, 6.45) is -2.89. The van der Waals surface area contributed by atoms with Crippen molar-refractivity contribution < 1.29 is 22.4 Å². The zero-order valence-electron chi connectivity index (χ0n) is 17.7. The van der Waals surface area contributed by atoms with Gasteiger partial charge in [-0.2, -0.15) is 23.4 Å². The van der Waals surface area contributed by atoms with Crippen LogP contribution in [-0.4, -0.2) is 25.5 Å². The summed E-state index contributed by atoms with van der Waals surface area (Å²) in [7, 11) is 0. The molecule has 2 aromatic heterocycles. The molecule has 0 saturated heterocycles. The van der Waals surface area contributed by atoms with Gasteiger partial charge in [0.05, 0.1) is 23.6 Å². The number of amides is 1. The molecule has 1 fully saturated rings. The molecule has 2 heterocycles. The predicted octanol–water partition coefficient (Wildman–Crippen LogP) is 4.81. The smallest absolute Gasteiger partial charge is 0.323 e. The van der Waals surface area contributed by atoms with E-state index in [1.54, 1.807) is 36.7 Å².